The molecule has 1 amide bonds. The number of rotatable bonds is 4. The summed E-state index contributed by atoms with van der Waals surface area (Å²) in [4.78, 5) is 16.7. The third-order valence-electron chi connectivity index (χ3n) is 6.00. The van der Waals surface area contributed by atoms with Crippen molar-refractivity contribution in [3.8, 4) is 11.3 Å². The van der Waals surface area contributed by atoms with Gasteiger partial charge in [-0.2, -0.15) is 5.10 Å². The Morgan fingerprint density at radius 3 is 2.43 bits per heavy atom. The van der Waals surface area contributed by atoms with E-state index in [4.69, 9.17) is 0 Å². The van der Waals surface area contributed by atoms with Crippen LogP contribution in [0.1, 0.15) is 53.3 Å². The normalized spacial score (nSPS) is 19.4. The Bertz CT molecular complexity index is 990. The van der Waals surface area contributed by atoms with Crippen molar-refractivity contribution in [2.24, 2.45) is 0 Å². The summed E-state index contributed by atoms with van der Waals surface area (Å²) in [6.07, 6.45) is 6.66. The van der Waals surface area contributed by atoms with Gasteiger partial charge in [0.1, 0.15) is 5.69 Å². The molecule has 3 aromatic rings. The zero-order chi connectivity index (χ0) is 19.1. The molecule has 0 radical (unpaired) electrons. The van der Waals surface area contributed by atoms with E-state index in [1.807, 2.05) is 18.2 Å². The van der Waals surface area contributed by atoms with E-state index in [1.165, 1.54) is 17.7 Å². The van der Waals surface area contributed by atoms with Crippen LogP contribution in [-0.2, 0) is 0 Å². The van der Waals surface area contributed by atoms with Crippen molar-refractivity contribution < 1.29 is 4.79 Å². The number of amides is 1. The van der Waals surface area contributed by atoms with E-state index in [1.54, 1.807) is 11.8 Å². The quantitative estimate of drug-likeness (QED) is 0.617. The zero-order valence-electron chi connectivity index (χ0n) is 15.9. The van der Waals surface area contributed by atoms with Gasteiger partial charge in [0.05, 0.1) is 11.7 Å². The third-order valence-corrected chi connectivity index (χ3v) is 6.74. The van der Waals surface area contributed by atoms with E-state index in [2.05, 4.69) is 57.8 Å². The number of benzene rings is 2. The first kappa shape index (κ1) is 17.6. The summed E-state index contributed by atoms with van der Waals surface area (Å²) in [6, 6.07) is 19.0. The number of fused-ring (bicyclic) bond motifs is 1. The summed E-state index contributed by atoms with van der Waals surface area (Å²) < 4.78 is 0. The van der Waals surface area contributed by atoms with Crippen molar-refractivity contribution in [2.45, 2.75) is 42.7 Å². The molecule has 1 aliphatic carbocycles. The number of carbonyl (C=O) groups excluding carboxylic acids is 1. The molecule has 1 unspecified atom stereocenters. The van der Waals surface area contributed by atoms with E-state index < -0.39 is 0 Å². The molecule has 5 rings (SSSR count). The summed E-state index contributed by atoms with van der Waals surface area (Å²) >= 11 is 1.73. The second-order valence-corrected chi connectivity index (χ2v) is 8.43. The summed E-state index contributed by atoms with van der Waals surface area (Å²) in [7, 11) is 0. The number of hydrogen-bond donors (Lipinski definition) is 1. The van der Waals surface area contributed by atoms with Crippen LogP contribution in [0, 0.1) is 0 Å². The summed E-state index contributed by atoms with van der Waals surface area (Å²) in [5, 5.41) is 7.62. The molecular formula is C23H23N3OS. The van der Waals surface area contributed by atoms with Gasteiger partial charge in [-0.1, -0.05) is 55.3 Å². The van der Waals surface area contributed by atoms with Gasteiger partial charge >= 0.3 is 0 Å². The van der Waals surface area contributed by atoms with E-state index in [0.29, 0.717) is 11.7 Å². The molecule has 28 heavy (non-hydrogen) atoms. The van der Waals surface area contributed by atoms with Crippen LogP contribution in [0.3, 0.4) is 0 Å². The molecule has 1 aromatic heterocycles. The molecule has 1 fully saturated rings. The molecule has 0 saturated heterocycles. The largest absolute Gasteiger partial charge is 0.323 e. The highest BCUT2D eigenvalue weighted by Crippen LogP contribution is 2.46. The lowest BCUT2D eigenvalue weighted by Gasteiger charge is -2.32. The van der Waals surface area contributed by atoms with Gasteiger partial charge in [-0.05, 0) is 36.8 Å². The molecule has 1 aliphatic heterocycles. The monoisotopic (exact) mass is 389 g/mol. The SMILES string of the molecule is CSc1ccc(C2c3c(-c4ccccc4)n[nH]c3C(=O)N2C2CCCC2)cc1. The van der Waals surface area contributed by atoms with Crippen molar-refractivity contribution in [1.82, 2.24) is 15.1 Å². The fourth-order valence-corrected chi connectivity index (χ4v) is 5.06. The standard InChI is InChI=1S/C23H23N3OS/c1-28-18-13-11-16(12-14-18)22-19-20(15-7-3-2-4-8-15)24-25-21(19)23(27)26(22)17-9-5-6-10-17/h2-4,7-8,11-14,17,22H,5-6,9-10H2,1H3,(H,24,25). The number of aromatic amines is 1. The van der Waals surface area contributed by atoms with Gasteiger partial charge in [0.15, 0.2) is 0 Å². The Hall–Kier alpha value is -2.53. The lowest BCUT2D eigenvalue weighted by molar-refractivity contribution is 0.0660. The average Bonchev–Trinajstić information content (AvgIpc) is 3.46. The van der Waals surface area contributed by atoms with Crippen LogP contribution < -0.4 is 0 Å². The van der Waals surface area contributed by atoms with Crippen LogP contribution >= 0.6 is 11.8 Å². The van der Waals surface area contributed by atoms with Crippen LogP contribution in [0.2, 0.25) is 0 Å². The van der Waals surface area contributed by atoms with E-state index in [-0.39, 0.29) is 11.9 Å². The molecule has 2 aliphatic rings. The maximum atomic E-state index is 13.4. The van der Waals surface area contributed by atoms with Gasteiger partial charge in [-0.15, -0.1) is 11.8 Å². The fraction of sp³-hybridized carbons (Fsp3) is 0.304. The number of carbonyl (C=O) groups is 1. The molecule has 0 spiro atoms. The number of nitrogens with zero attached hydrogens (tertiary/aromatic N) is 2. The predicted molar refractivity (Wildman–Crippen MR) is 113 cm³/mol. The number of aromatic nitrogens is 2. The zero-order valence-corrected chi connectivity index (χ0v) is 16.7. The summed E-state index contributed by atoms with van der Waals surface area (Å²) in [5.41, 5.74) is 4.79. The van der Waals surface area contributed by atoms with Crippen LogP contribution in [-0.4, -0.2) is 33.3 Å². The van der Waals surface area contributed by atoms with E-state index in [0.717, 1.165) is 35.2 Å². The van der Waals surface area contributed by atoms with E-state index in [9.17, 15) is 4.79 Å². The molecule has 1 N–H and O–H groups in total. The molecule has 142 valence electrons. The summed E-state index contributed by atoms with van der Waals surface area (Å²) in [6.45, 7) is 0. The van der Waals surface area contributed by atoms with Crippen LogP contribution in [0.15, 0.2) is 59.5 Å². The van der Waals surface area contributed by atoms with Gasteiger partial charge in [0.25, 0.3) is 5.91 Å². The molecular weight excluding hydrogens is 366 g/mol. The Balaban J connectivity index is 1.66. The Morgan fingerprint density at radius 1 is 1.04 bits per heavy atom. The lowest BCUT2D eigenvalue weighted by Crippen LogP contribution is -2.37. The topological polar surface area (TPSA) is 49.0 Å². The molecule has 2 aromatic carbocycles. The minimum atomic E-state index is -0.0736. The highest BCUT2D eigenvalue weighted by molar-refractivity contribution is 7.98. The molecule has 5 heteroatoms. The minimum Gasteiger partial charge on any atom is -0.323 e. The van der Waals surface area contributed by atoms with E-state index >= 15 is 0 Å². The average molecular weight is 390 g/mol. The Kier molecular flexibility index (Phi) is 4.47. The summed E-state index contributed by atoms with van der Waals surface area (Å²) in [5.74, 6) is 0.0931. The second-order valence-electron chi connectivity index (χ2n) is 7.55. The number of nitrogens with one attached hydrogen (secondary N) is 1. The van der Waals surface area contributed by atoms with Crippen molar-refractivity contribution in [3.63, 3.8) is 0 Å². The minimum absolute atomic E-state index is 0.0736. The highest BCUT2D eigenvalue weighted by Gasteiger charge is 2.45. The van der Waals surface area contributed by atoms with Crippen LogP contribution in [0.5, 0.6) is 0 Å². The van der Waals surface area contributed by atoms with Crippen molar-refractivity contribution in [3.05, 3.63) is 71.4 Å². The van der Waals surface area contributed by atoms with Gasteiger partial charge in [0.2, 0.25) is 0 Å². The number of hydrogen-bond acceptors (Lipinski definition) is 3. The maximum absolute atomic E-state index is 13.4. The van der Waals surface area contributed by atoms with Gasteiger partial charge in [-0.3, -0.25) is 9.89 Å². The van der Waals surface area contributed by atoms with Crippen LogP contribution in [0.4, 0.5) is 0 Å². The van der Waals surface area contributed by atoms with Crippen molar-refractivity contribution >= 4 is 17.7 Å². The first-order valence-corrected chi connectivity index (χ1v) is 11.1. The molecule has 2 heterocycles. The van der Waals surface area contributed by atoms with Crippen molar-refractivity contribution in [2.75, 3.05) is 6.26 Å². The van der Waals surface area contributed by atoms with Gasteiger partial charge in [0, 0.05) is 22.1 Å². The second kappa shape index (κ2) is 7.13. The maximum Gasteiger partial charge on any atom is 0.273 e. The molecule has 1 atom stereocenters. The lowest BCUT2D eigenvalue weighted by atomic mass is 9.95. The van der Waals surface area contributed by atoms with Crippen LogP contribution in [0.25, 0.3) is 11.3 Å². The molecule has 0 bridgehead atoms. The van der Waals surface area contributed by atoms with Gasteiger partial charge in [-0.25, -0.2) is 0 Å². The Morgan fingerprint density at radius 2 is 1.75 bits per heavy atom. The predicted octanol–water partition coefficient (Wildman–Crippen LogP) is 5.29. The fourth-order valence-electron chi connectivity index (χ4n) is 4.65. The Labute approximate surface area is 169 Å². The molecule has 4 nitrogen and oxygen atoms in total. The first-order chi connectivity index (χ1) is 13.8. The third kappa shape index (κ3) is 2.76. The van der Waals surface area contributed by atoms with Gasteiger partial charge < -0.3 is 4.90 Å². The highest BCUT2D eigenvalue weighted by atomic mass is 32.2. The smallest absolute Gasteiger partial charge is 0.273 e. The first-order valence-electron chi connectivity index (χ1n) is 9.88. The van der Waals surface area contributed by atoms with Crippen molar-refractivity contribution in [1.29, 1.82) is 0 Å². The molecule has 1 saturated carbocycles. The number of H-pyrrole nitrogens is 1. The number of thioether (sulfide) groups is 1.